The number of hydrogen-bond acceptors (Lipinski definition) is 4. The maximum atomic E-state index is 12.2. The van der Waals surface area contributed by atoms with E-state index in [0.29, 0.717) is 26.3 Å². The first-order chi connectivity index (χ1) is 8.68. The van der Waals surface area contributed by atoms with E-state index in [2.05, 4.69) is 15.5 Å². The van der Waals surface area contributed by atoms with Gasteiger partial charge in [0.15, 0.2) is 0 Å². The van der Waals surface area contributed by atoms with Gasteiger partial charge in [-0.25, -0.2) is 0 Å². The van der Waals surface area contributed by atoms with Crippen molar-refractivity contribution in [2.75, 3.05) is 26.3 Å². The average Bonchev–Trinajstić information content (AvgIpc) is 2.92. The summed E-state index contributed by atoms with van der Waals surface area (Å²) in [4.78, 5) is 14.0. The van der Waals surface area contributed by atoms with Crippen molar-refractivity contribution < 1.29 is 9.53 Å². The predicted molar refractivity (Wildman–Crippen MR) is 67.0 cm³/mol. The first kappa shape index (κ1) is 13.0. The van der Waals surface area contributed by atoms with Crippen LogP contribution in [0.3, 0.4) is 0 Å². The normalized spacial score (nSPS) is 19.6. The third kappa shape index (κ3) is 3.08. The van der Waals surface area contributed by atoms with E-state index in [-0.39, 0.29) is 18.0 Å². The molecule has 1 amide bonds. The number of aromatic nitrogens is 2. The molecule has 2 unspecified atom stereocenters. The summed E-state index contributed by atoms with van der Waals surface area (Å²) in [5.41, 5.74) is 0.983. The van der Waals surface area contributed by atoms with Gasteiger partial charge in [-0.15, -0.1) is 0 Å². The summed E-state index contributed by atoms with van der Waals surface area (Å²) in [5.74, 6) is 0.129. The zero-order valence-electron chi connectivity index (χ0n) is 10.8. The van der Waals surface area contributed by atoms with Crippen LogP contribution in [0.1, 0.15) is 25.6 Å². The van der Waals surface area contributed by atoms with Crippen molar-refractivity contribution >= 4 is 5.91 Å². The van der Waals surface area contributed by atoms with E-state index in [1.807, 2.05) is 24.8 Å². The Hall–Kier alpha value is -1.40. The Morgan fingerprint density at radius 3 is 2.83 bits per heavy atom. The van der Waals surface area contributed by atoms with Crippen molar-refractivity contribution in [2.45, 2.75) is 25.9 Å². The van der Waals surface area contributed by atoms with E-state index < -0.39 is 0 Å². The molecule has 1 aromatic rings. The number of carbonyl (C=O) groups excluding carboxylic acids is 1. The second kappa shape index (κ2) is 5.97. The molecule has 1 aliphatic rings. The molecule has 0 aromatic carbocycles. The number of morpholine rings is 1. The number of ether oxygens (including phenoxy) is 1. The summed E-state index contributed by atoms with van der Waals surface area (Å²) in [6.45, 7) is 6.54. The molecule has 0 saturated carbocycles. The maximum Gasteiger partial charge on any atom is 0.239 e. The number of rotatable bonds is 4. The van der Waals surface area contributed by atoms with E-state index in [0.717, 1.165) is 5.69 Å². The molecule has 2 rings (SSSR count). The van der Waals surface area contributed by atoms with Crippen molar-refractivity contribution in [3.05, 3.63) is 18.0 Å². The minimum absolute atomic E-state index is 0.0764. The summed E-state index contributed by atoms with van der Waals surface area (Å²) in [6, 6.07) is 1.78. The van der Waals surface area contributed by atoms with Crippen LogP contribution >= 0.6 is 0 Å². The van der Waals surface area contributed by atoms with Crippen LogP contribution in [0, 0.1) is 0 Å². The van der Waals surface area contributed by atoms with Crippen molar-refractivity contribution in [1.82, 2.24) is 20.4 Å². The van der Waals surface area contributed by atoms with Crippen molar-refractivity contribution in [2.24, 2.45) is 0 Å². The van der Waals surface area contributed by atoms with Crippen molar-refractivity contribution in [1.29, 1.82) is 0 Å². The van der Waals surface area contributed by atoms with Crippen LogP contribution in [0.25, 0.3) is 0 Å². The molecule has 0 bridgehead atoms. The Morgan fingerprint density at radius 1 is 1.50 bits per heavy atom. The number of aromatic amines is 1. The number of H-pyrrole nitrogens is 1. The van der Waals surface area contributed by atoms with Gasteiger partial charge in [0, 0.05) is 25.3 Å². The Labute approximate surface area is 107 Å². The minimum atomic E-state index is -0.207. The molecule has 6 heteroatoms. The second-order valence-electron chi connectivity index (χ2n) is 4.56. The van der Waals surface area contributed by atoms with Crippen molar-refractivity contribution in [3.63, 3.8) is 0 Å². The minimum Gasteiger partial charge on any atom is -0.378 e. The first-order valence-corrected chi connectivity index (χ1v) is 6.30. The highest BCUT2D eigenvalue weighted by Gasteiger charge is 2.23. The highest BCUT2D eigenvalue weighted by atomic mass is 16.5. The van der Waals surface area contributed by atoms with Crippen LogP contribution in [0.4, 0.5) is 0 Å². The lowest BCUT2D eigenvalue weighted by molar-refractivity contribution is -0.137. The summed E-state index contributed by atoms with van der Waals surface area (Å²) in [5, 5.41) is 10.1. The third-order valence-electron chi connectivity index (χ3n) is 3.18. The van der Waals surface area contributed by atoms with E-state index in [1.54, 1.807) is 6.20 Å². The van der Waals surface area contributed by atoms with Crippen LogP contribution < -0.4 is 5.32 Å². The largest absolute Gasteiger partial charge is 0.378 e. The van der Waals surface area contributed by atoms with Gasteiger partial charge in [-0.05, 0) is 19.9 Å². The van der Waals surface area contributed by atoms with Crippen LogP contribution in [-0.2, 0) is 9.53 Å². The molecule has 1 aromatic heterocycles. The Morgan fingerprint density at radius 2 is 2.22 bits per heavy atom. The first-order valence-electron chi connectivity index (χ1n) is 6.30. The lowest BCUT2D eigenvalue weighted by Crippen LogP contribution is -2.49. The number of hydrogen-bond donors (Lipinski definition) is 2. The lowest BCUT2D eigenvalue weighted by Gasteiger charge is -2.30. The van der Waals surface area contributed by atoms with Crippen LogP contribution in [0.15, 0.2) is 12.3 Å². The van der Waals surface area contributed by atoms with Gasteiger partial charge in [0.2, 0.25) is 5.91 Å². The van der Waals surface area contributed by atoms with E-state index in [1.165, 1.54) is 0 Å². The third-order valence-corrected chi connectivity index (χ3v) is 3.18. The van der Waals surface area contributed by atoms with Crippen LogP contribution in [-0.4, -0.2) is 53.3 Å². The van der Waals surface area contributed by atoms with E-state index >= 15 is 0 Å². The fourth-order valence-electron chi connectivity index (χ4n) is 2.10. The van der Waals surface area contributed by atoms with Crippen LogP contribution in [0.2, 0.25) is 0 Å². The van der Waals surface area contributed by atoms with Gasteiger partial charge in [-0.2, -0.15) is 5.10 Å². The topological polar surface area (TPSA) is 70.2 Å². The fourth-order valence-corrected chi connectivity index (χ4v) is 2.10. The average molecular weight is 252 g/mol. The molecule has 1 fully saturated rings. The molecule has 2 atom stereocenters. The zero-order valence-corrected chi connectivity index (χ0v) is 10.8. The molecular weight excluding hydrogens is 232 g/mol. The molecule has 0 spiro atoms. The lowest BCUT2D eigenvalue weighted by atomic mass is 10.2. The molecule has 0 radical (unpaired) electrons. The summed E-state index contributed by atoms with van der Waals surface area (Å²) in [6.07, 6.45) is 1.71. The maximum absolute atomic E-state index is 12.2. The SMILES string of the molecule is CC(NC(C)c1ccn[nH]1)C(=O)N1CCOCC1. The van der Waals surface area contributed by atoms with E-state index in [4.69, 9.17) is 4.74 Å². The molecule has 2 heterocycles. The van der Waals surface area contributed by atoms with Crippen LogP contribution in [0.5, 0.6) is 0 Å². The van der Waals surface area contributed by atoms with Gasteiger partial charge in [0.1, 0.15) is 0 Å². The number of carbonyl (C=O) groups is 1. The fraction of sp³-hybridized carbons (Fsp3) is 0.667. The second-order valence-corrected chi connectivity index (χ2v) is 4.56. The Bertz CT molecular complexity index is 373. The van der Waals surface area contributed by atoms with Gasteiger partial charge < -0.3 is 9.64 Å². The highest BCUT2D eigenvalue weighted by molar-refractivity contribution is 5.81. The molecule has 1 saturated heterocycles. The predicted octanol–water partition coefficient (Wildman–Crippen LogP) is 0.308. The quantitative estimate of drug-likeness (QED) is 0.809. The monoisotopic (exact) mass is 252 g/mol. The van der Waals surface area contributed by atoms with Gasteiger partial charge in [-0.1, -0.05) is 0 Å². The van der Waals surface area contributed by atoms with Gasteiger partial charge in [0.25, 0.3) is 0 Å². The zero-order chi connectivity index (χ0) is 13.0. The molecule has 1 aliphatic heterocycles. The number of amides is 1. The summed E-state index contributed by atoms with van der Waals surface area (Å²) < 4.78 is 5.24. The molecule has 6 nitrogen and oxygen atoms in total. The summed E-state index contributed by atoms with van der Waals surface area (Å²) >= 11 is 0. The van der Waals surface area contributed by atoms with Gasteiger partial charge >= 0.3 is 0 Å². The molecule has 18 heavy (non-hydrogen) atoms. The smallest absolute Gasteiger partial charge is 0.239 e. The van der Waals surface area contributed by atoms with Crippen molar-refractivity contribution in [3.8, 4) is 0 Å². The molecule has 2 N–H and O–H groups in total. The van der Waals surface area contributed by atoms with E-state index in [9.17, 15) is 4.79 Å². The molecular formula is C12H20N4O2. The summed E-state index contributed by atoms with van der Waals surface area (Å²) in [7, 11) is 0. The standard InChI is InChI=1S/C12H20N4O2/c1-9(11-3-4-13-15-11)14-10(2)12(17)16-5-7-18-8-6-16/h3-4,9-10,14H,5-8H2,1-2H3,(H,13,15). The van der Waals surface area contributed by atoms with Gasteiger partial charge in [0.05, 0.1) is 24.9 Å². The molecule has 0 aliphatic carbocycles. The Balaban J connectivity index is 1.86. The Kier molecular flexibility index (Phi) is 4.33. The number of nitrogens with zero attached hydrogens (tertiary/aromatic N) is 2. The molecule has 100 valence electrons. The highest BCUT2D eigenvalue weighted by Crippen LogP contribution is 2.10. The number of nitrogens with one attached hydrogen (secondary N) is 2. The van der Waals surface area contributed by atoms with Gasteiger partial charge in [-0.3, -0.25) is 15.2 Å².